The molecule has 2 N–H and O–H groups in total. The van der Waals surface area contributed by atoms with Crippen LogP contribution < -0.4 is 14.2 Å². The van der Waals surface area contributed by atoms with Gasteiger partial charge in [-0.15, -0.1) is 0 Å². The van der Waals surface area contributed by atoms with E-state index >= 15 is 0 Å². The van der Waals surface area contributed by atoms with E-state index in [0.29, 0.717) is 22.8 Å². The fourth-order valence-electron chi connectivity index (χ4n) is 2.32. The highest BCUT2D eigenvalue weighted by Gasteiger charge is 2.24. The molecule has 0 saturated carbocycles. The van der Waals surface area contributed by atoms with E-state index in [9.17, 15) is 10.2 Å². The molecule has 0 bridgehead atoms. The second kappa shape index (κ2) is 7.85. The van der Waals surface area contributed by atoms with Crippen molar-refractivity contribution in [3.8, 4) is 17.2 Å². The zero-order valence-electron chi connectivity index (χ0n) is 13.5. The molecule has 0 fully saturated rings. The first-order valence-electron chi connectivity index (χ1n) is 7.33. The first-order valence-corrected chi connectivity index (χ1v) is 7.33. The number of aliphatic hydroxyl groups excluding tert-OH is 2. The first-order chi connectivity index (χ1) is 11.1. The van der Waals surface area contributed by atoms with E-state index < -0.39 is 12.2 Å². The summed E-state index contributed by atoms with van der Waals surface area (Å²) in [7, 11) is 3.12. The molecule has 2 aromatic rings. The molecular weight excluding hydrogens is 296 g/mol. The van der Waals surface area contributed by atoms with Crippen molar-refractivity contribution in [2.24, 2.45) is 0 Å². The Bertz CT molecular complexity index is 641. The monoisotopic (exact) mass is 318 g/mol. The topological polar surface area (TPSA) is 68.2 Å². The SMILES string of the molecule is COc1cc(C(O)C(CO)Oc2ccccc2OC)ccc1C. The molecule has 0 saturated heterocycles. The first kappa shape index (κ1) is 17.1. The predicted molar refractivity (Wildman–Crippen MR) is 87.2 cm³/mol. The minimum Gasteiger partial charge on any atom is -0.496 e. The average molecular weight is 318 g/mol. The quantitative estimate of drug-likeness (QED) is 0.821. The highest BCUT2D eigenvalue weighted by Crippen LogP contribution is 2.31. The van der Waals surface area contributed by atoms with Gasteiger partial charge in [0, 0.05) is 0 Å². The number of para-hydroxylation sites is 2. The van der Waals surface area contributed by atoms with Gasteiger partial charge in [-0.2, -0.15) is 0 Å². The molecule has 0 radical (unpaired) electrons. The van der Waals surface area contributed by atoms with Gasteiger partial charge in [-0.25, -0.2) is 0 Å². The number of ether oxygens (including phenoxy) is 3. The summed E-state index contributed by atoms with van der Waals surface area (Å²) >= 11 is 0. The number of hydrogen-bond acceptors (Lipinski definition) is 5. The maximum atomic E-state index is 10.5. The molecule has 5 heteroatoms. The van der Waals surface area contributed by atoms with Gasteiger partial charge in [0.05, 0.1) is 20.8 Å². The van der Waals surface area contributed by atoms with Crippen LogP contribution in [0.25, 0.3) is 0 Å². The lowest BCUT2D eigenvalue weighted by Crippen LogP contribution is -2.29. The van der Waals surface area contributed by atoms with Gasteiger partial charge in [-0.3, -0.25) is 0 Å². The smallest absolute Gasteiger partial charge is 0.161 e. The van der Waals surface area contributed by atoms with Crippen molar-refractivity contribution in [2.75, 3.05) is 20.8 Å². The Morgan fingerprint density at radius 1 is 0.957 bits per heavy atom. The largest absolute Gasteiger partial charge is 0.496 e. The van der Waals surface area contributed by atoms with Crippen LogP contribution >= 0.6 is 0 Å². The van der Waals surface area contributed by atoms with E-state index in [1.54, 1.807) is 37.4 Å². The van der Waals surface area contributed by atoms with Gasteiger partial charge in [0.2, 0.25) is 0 Å². The molecule has 0 spiro atoms. The van der Waals surface area contributed by atoms with Gasteiger partial charge in [-0.05, 0) is 36.2 Å². The Labute approximate surface area is 136 Å². The summed E-state index contributed by atoms with van der Waals surface area (Å²) in [5.41, 5.74) is 1.58. The van der Waals surface area contributed by atoms with Crippen LogP contribution in [0.3, 0.4) is 0 Å². The van der Waals surface area contributed by atoms with E-state index in [2.05, 4.69) is 0 Å². The molecule has 124 valence electrons. The number of aryl methyl sites for hydroxylation is 1. The lowest BCUT2D eigenvalue weighted by molar-refractivity contribution is -0.000496. The predicted octanol–water partition coefficient (Wildman–Crippen LogP) is 2.49. The van der Waals surface area contributed by atoms with Crippen LogP contribution in [0.2, 0.25) is 0 Å². The molecule has 0 aromatic heterocycles. The molecule has 5 nitrogen and oxygen atoms in total. The Balaban J connectivity index is 2.23. The van der Waals surface area contributed by atoms with Crippen molar-refractivity contribution >= 4 is 0 Å². The number of methoxy groups -OCH3 is 2. The number of hydrogen-bond donors (Lipinski definition) is 2. The lowest BCUT2D eigenvalue weighted by Gasteiger charge is -2.24. The maximum Gasteiger partial charge on any atom is 0.161 e. The van der Waals surface area contributed by atoms with E-state index in [0.717, 1.165) is 5.56 Å². The van der Waals surface area contributed by atoms with Crippen molar-refractivity contribution in [1.29, 1.82) is 0 Å². The second-order valence-electron chi connectivity index (χ2n) is 5.16. The van der Waals surface area contributed by atoms with Crippen LogP contribution in [0, 0.1) is 6.92 Å². The molecule has 0 aliphatic rings. The zero-order valence-corrected chi connectivity index (χ0v) is 13.5. The van der Waals surface area contributed by atoms with E-state index in [-0.39, 0.29) is 6.61 Å². The molecule has 0 aliphatic carbocycles. The Kier molecular flexibility index (Phi) is 5.84. The van der Waals surface area contributed by atoms with Gasteiger partial charge in [0.1, 0.15) is 11.9 Å². The minimum atomic E-state index is -1.00. The maximum absolute atomic E-state index is 10.5. The summed E-state index contributed by atoms with van der Waals surface area (Å²) in [4.78, 5) is 0. The standard InChI is InChI=1S/C18H22O5/c1-12-8-9-13(10-16(12)22-3)18(20)17(11-19)23-15-7-5-4-6-14(15)21-2/h4-10,17-20H,11H2,1-3H3. The number of aliphatic hydroxyl groups is 2. The summed E-state index contributed by atoms with van der Waals surface area (Å²) in [5, 5.41) is 20.1. The molecule has 0 amide bonds. The van der Waals surface area contributed by atoms with Crippen LogP contribution in [0.15, 0.2) is 42.5 Å². The van der Waals surface area contributed by atoms with Gasteiger partial charge in [0.15, 0.2) is 17.6 Å². The van der Waals surface area contributed by atoms with Gasteiger partial charge >= 0.3 is 0 Å². The highest BCUT2D eigenvalue weighted by atomic mass is 16.5. The van der Waals surface area contributed by atoms with Crippen LogP contribution in [0.1, 0.15) is 17.2 Å². The van der Waals surface area contributed by atoms with Gasteiger partial charge < -0.3 is 24.4 Å². The van der Waals surface area contributed by atoms with Gasteiger partial charge in [0.25, 0.3) is 0 Å². The van der Waals surface area contributed by atoms with Crippen molar-refractivity contribution in [3.63, 3.8) is 0 Å². The summed E-state index contributed by atoms with van der Waals surface area (Å²) < 4.78 is 16.2. The normalized spacial score (nSPS) is 13.3. The molecule has 0 aliphatic heterocycles. The molecule has 2 atom stereocenters. The summed E-state index contributed by atoms with van der Waals surface area (Å²) in [5.74, 6) is 1.68. The molecule has 2 unspecified atom stereocenters. The Hall–Kier alpha value is -2.24. The lowest BCUT2D eigenvalue weighted by atomic mass is 10.0. The Morgan fingerprint density at radius 3 is 2.22 bits per heavy atom. The molecular formula is C18H22O5. The molecule has 2 aromatic carbocycles. The molecule has 23 heavy (non-hydrogen) atoms. The average Bonchev–Trinajstić information content (AvgIpc) is 2.59. The second-order valence-corrected chi connectivity index (χ2v) is 5.16. The number of benzene rings is 2. The number of rotatable bonds is 7. The van der Waals surface area contributed by atoms with Crippen LogP contribution in [-0.4, -0.2) is 37.1 Å². The van der Waals surface area contributed by atoms with Crippen molar-refractivity contribution in [3.05, 3.63) is 53.6 Å². The summed E-state index contributed by atoms with van der Waals surface area (Å²) in [6, 6.07) is 12.5. The Morgan fingerprint density at radius 2 is 1.61 bits per heavy atom. The van der Waals surface area contributed by atoms with Crippen LogP contribution in [0.5, 0.6) is 17.2 Å². The third kappa shape index (κ3) is 3.94. The zero-order chi connectivity index (χ0) is 16.8. The fourth-order valence-corrected chi connectivity index (χ4v) is 2.32. The molecule has 2 rings (SSSR count). The van der Waals surface area contributed by atoms with Gasteiger partial charge in [-0.1, -0.05) is 24.3 Å². The van der Waals surface area contributed by atoms with Crippen molar-refractivity contribution < 1.29 is 24.4 Å². The third-order valence-corrected chi connectivity index (χ3v) is 3.65. The van der Waals surface area contributed by atoms with E-state index in [4.69, 9.17) is 14.2 Å². The van der Waals surface area contributed by atoms with E-state index in [1.165, 1.54) is 7.11 Å². The van der Waals surface area contributed by atoms with Crippen molar-refractivity contribution in [1.82, 2.24) is 0 Å². The third-order valence-electron chi connectivity index (χ3n) is 3.65. The van der Waals surface area contributed by atoms with E-state index in [1.807, 2.05) is 19.1 Å². The summed E-state index contributed by atoms with van der Waals surface area (Å²) in [6.07, 6.45) is -1.82. The van der Waals surface area contributed by atoms with Crippen LogP contribution in [0.4, 0.5) is 0 Å². The summed E-state index contributed by atoms with van der Waals surface area (Å²) in [6.45, 7) is 1.58. The highest BCUT2D eigenvalue weighted by molar-refractivity contribution is 5.40. The molecule has 0 heterocycles. The minimum absolute atomic E-state index is 0.338. The van der Waals surface area contributed by atoms with Crippen molar-refractivity contribution in [2.45, 2.75) is 19.1 Å². The van der Waals surface area contributed by atoms with Crippen LogP contribution in [-0.2, 0) is 0 Å². The fraction of sp³-hybridized carbons (Fsp3) is 0.333.